The fourth-order valence-corrected chi connectivity index (χ4v) is 4.92. The maximum Gasteiger partial charge on any atom is 0.238 e. The van der Waals surface area contributed by atoms with Gasteiger partial charge in [0.25, 0.3) is 0 Å². The second-order valence-corrected chi connectivity index (χ2v) is 8.58. The zero-order chi connectivity index (χ0) is 20.7. The molecule has 2 heterocycles. The molecule has 1 aromatic heterocycles. The van der Waals surface area contributed by atoms with Gasteiger partial charge in [-0.2, -0.15) is 5.10 Å². The van der Waals surface area contributed by atoms with Gasteiger partial charge in [0.2, 0.25) is 5.91 Å². The molecule has 29 heavy (non-hydrogen) atoms. The molecule has 0 saturated heterocycles. The molecule has 1 amide bonds. The summed E-state index contributed by atoms with van der Waals surface area (Å²) in [6.45, 7) is 5.88. The predicted octanol–water partition coefficient (Wildman–Crippen LogP) is 4.37. The Balaban J connectivity index is 1.93. The van der Waals surface area contributed by atoms with Crippen molar-refractivity contribution in [2.45, 2.75) is 31.3 Å². The van der Waals surface area contributed by atoms with Gasteiger partial charge in [-0.15, -0.1) is 11.8 Å². The molecule has 1 aliphatic heterocycles. The summed E-state index contributed by atoms with van der Waals surface area (Å²) in [5, 5.41) is 17.5. The molecule has 0 fully saturated rings. The van der Waals surface area contributed by atoms with Gasteiger partial charge in [0.15, 0.2) is 11.5 Å². The number of ether oxygens (including phenoxy) is 1. The van der Waals surface area contributed by atoms with Crippen molar-refractivity contribution in [1.29, 1.82) is 0 Å². The zero-order valence-electron chi connectivity index (χ0n) is 16.8. The Morgan fingerprint density at radius 2 is 1.97 bits per heavy atom. The Labute approximate surface area is 173 Å². The third-order valence-corrected chi connectivity index (χ3v) is 6.57. The van der Waals surface area contributed by atoms with E-state index in [0.717, 1.165) is 28.1 Å². The second kappa shape index (κ2) is 7.48. The molecule has 6 nitrogen and oxygen atoms in total. The highest BCUT2D eigenvalue weighted by molar-refractivity contribution is 8.01. The number of nitrogens with one attached hydrogen (secondary N) is 1. The van der Waals surface area contributed by atoms with Crippen LogP contribution in [0.4, 0.5) is 5.82 Å². The first-order valence-corrected chi connectivity index (χ1v) is 10.3. The van der Waals surface area contributed by atoms with E-state index in [0.29, 0.717) is 11.6 Å². The molecule has 0 radical (unpaired) electrons. The lowest BCUT2D eigenvalue weighted by atomic mass is 10.0. The van der Waals surface area contributed by atoms with Crippen LogP contribution in [0.2, 0.25) is 0 Å². The Hall–Kier alpha value is -2.93. The average Bonchev–Trinajstić information content (AvgIpc) is 2.94. The van der Waals surface area contributed by atoms with Crippen molar-refractivity contribution in [3.63, 3.8) is 0 Å². The van der Waals surface area contributed by atoms with Crippen LogP contribution in [0.3, 0.4) is 0 Å². The van der Waals surface area contributed by atoms with Crippen molar-refractivity contribution in [2.75, 3.05) is 12.4 Å². The first kappa shape index (κ1) is 19.4. The van der Waals surface area contributed by atoms with Crippen LogP contribution in [0.5, 0.6) is 11.5 Å². The smallest absolute Gasteiger partial charge is 0.238 e. The molecular formula is C22H23N3O3S. The number of phenols is 1. The van der Waals surface area contributed by atoms with Crippen LogP contribution in [0.1, 0.15) is 34.6 Å². The monoisotopic (exact) mass is 409 g/mol. The maximum atomic E-state index is 12.8. The largest absolute Gasteiger partial charge is 0.504 e. The predicted molar refractivity (Wildman–Crippen MR) is 115 cm³/mol. The number of methoxy groups -OCH3 is 1. The van der Waals surface area contributed by atoms with Gasteiger partial charge in [0, 0.05) is 5.56 Å². The number of rotatable bonds is 3. The number of carbonyl (C=O) groups excluding carboxylic acids is 1. The van der Waals surface area contributed by atoms with Crippen LogP contribution < -0.4 is 10.1 Å². The van der Waals surface area contributed by atoms with Crippen LogP contribution >= 0.6 is 11.8 Å². The molecule has 0 aliphatic carbocycles. The number of para-hydroxylation sites is 1. The van der Waals surface area contributed by atoms with Crippen LogP contribution in [-0.4, -0.2) is 33.2 Å². The normalized spacial score (nSPS) is 18.7. The van der Waals surface area contributed by atoms with E-state index in [1.807, 2.05) is 61.9 Å². The lowest BCUT2D eigenvalue weighted by Crippen LogP contribution is -2.22. The number of thioether (sulfide) groups is 1. The minimum Gasteiger partial charge on any atom is -0.504 e. The Bertz CT molecular complexity index is 1090. The molecule has 4 rings (SSSR count). The quantitative estimate of drug-likeness (QED) is 0.672. The number of hydrogen-bond donors (Lipinski definition) is 2. The van der Waals surface area contributed by atoms with E-state index in [2.05, 4.69) is 5.32 Å². The highest BCUT2D eigenvalue weighted by Gasteiger charge is 2.34. The van der Waals surface area contributed by atoms with E-state index in [4.69, 9.17) is 9.84 Å². The van der Waals surface area contributed by atoms with Gasteiger partial charge >= 0.3 is 0 Å². The van der Waals surface area contributed by atoms with Crippen molar-refractivity contribution >= 4 is 23.5 Å². The summed E-state index contributed by atoms with van der Waals surface area (Å²) in [6, 6.07) is 13.3. The first-order valence-electron chi connectivity index (χ1n) is 9.39. The van der Waals surface area contributed by atoms with Gasteiger partial charge in [0.1, 0.15) is 5.82 Å². The highest BCUT2D eigenvalue weighted by atomic mass is 32.2. The fraction of sp³-hybridized carbons (Fsp3) is 0.273. The number of aromatic hydroxyl groups is 1. The summed E-state index contributed by atoms with van der Waals surface area (Å²) >= 11 is 1.56. The number of aryl methyl sites for hydroxylation is 2. The van der Waals surface area contributed by atoms with Gasteiger partial charge in [0.05, 0.1) is 29.0 Å². The number of benzene rings is 2. The third-order valence-electron chi connectivity index (χ3n) is 5.17. The number of carbonyl (C=O) groups is 1. The minimum atomic E-state index is -0.253. The number of nitrogens with zero attached hydrogens (tertiary/aromatic N) is 2. The van der Waals surface area contributed by atoms with Crippen molar-refractivity contribution in [2.24, 2.45) is 0 Å². The van der Waals surface area contributed by atoms with E-state index in [1.54, 1.807) is 17.8 Å². The van der Waals surface area contributed by atoms with Gasteiger partial charge in [-0.3, -0.25) is 4.79 Å². The molecule has 2 unspecified atom stereocenters. The highest BCUT2D eigenvalue weighted by Crippen LogP contribution is 2.47. The number of hydrogen-bond acceptors (Lipinski definition) is 5. The molecule has 0 spiro atoms. The van der Waals surface area contributed by atoms with Crippen LogP contribution in [0, 0.1) is 13.8 Å². The fourth-order valence-electron chi connectivity index (χ4n) is 3.60. The minimum absolute atomic E-state index is 0.0563. The lowest BCUT2D eigenvalue weighted by Gasteiger charge is -2.18. The average molecular weight is 410 g/mol. The maximum absolute atomic E-state index is 12.8. The molecule has 3 aromatic rings. The summed E-state index contributed by atoms with van der Waals surface area (Å²) < 4.78 is 7.12. The van der Waals surface area contributed by atoms with E-state index >= 15 is 0 Å². The number of anilines is 1. The van der Waals surface area contributed by atoms with Gasteiger partial charge in [-0.05, 0) is 50.1 Å². The molecule has 1 aliphatic rings. The number of phenolic OH excluding ortho intramolecular Hbond substituents is 1. The number of fused-ring (bicyclic) bond motifs is 1. The van der Waals surface area contributed by atoms with Gasteiger partial charge in [-0.1, -0.05) is 24.3 Å². The first-order chi connectivity index (χ1) is 13.9. The van der Waals surface area contributed by atoms with E-state index < -0.39 is 0 Å². The van der Waals surface area contributed by atoms with Crippen molar-refractivity contribution in [3.05, 3.63) is 64.8 Å². The van der Waals surface area contributed by atoms with Gasteiger partial charge in [-0.25, -0.2) is 4.68 Å². The van der Waals surface area contributed by atoms with E-state index in [-0.39, 0.29) is 22.2 Å². The molecule has 0 saturated carbocycles. The topological polar surface area (TPSA) is 76.4 Å². The van der Waals surface area contributed by atoms with E-state index in [9.17, 15) is 9.90 Å². The lowest BCUT2D eigenvalue weighted by molar-refractivity contribution is -0.115. The molecule has 2 aromatic carbocycles. The summed E-state index contributed by atoms with van der Waals surface area (Å²) in [5.74, 6) is 1.13. The molecule has 150 valence electrons. The Morgan fingerprint density at radius 1 is 1.21 bits per heavy atom. The van der Waals surface area contributed by atoms with Crippen molar-refractivity contribution in [1.82, 2.24) is 9.78 Å². The standard InChI is InChI=1S/C22H23N3O3S/c1-12-7-5-6-8-16(12)25-21-19(13(2)24-25)20(29-14(3)22(27)23-21)15-9-10-17(26)18(11-15)28-4/h5-11,14,20,26H,1-4H3,(H,23,27). The summed E-state index contributed by atoms with van der Waals surface area (Å²) in [4.78, 5) is 12.8. The molecule has 2 atom stereocenters. The Kier molecular flexibility index (Phi) is 5.00. The van der Waals surface area contributed by atoms with E-state index in [1.165, 1.54) is 7.11 Å². The molecular weight excluding hydrogens is 386 g/mol. The van der Waals surface area contributed by atoms with Gasteiger partial charge < -0.3 is 15.2 Å². The SMILES string of the molecule is COc1cc(C2SC(C)C(=O)Nc3c2c(C)nn3-c2ccccc2C)ccc1O. The number of aromatic nitrogens is 2. The van der Waals surface area contributed by atoms with Crippen molar-refractivity contribution in [3.8, 4) is 17.2 Å². The molecule has 2 N–H and O–H groups in total. The molecule has 7 heteroatoms. The molecule has 0 bridgehead atoms. The second-order valence-electron chi connectivity index (χ2n) is 7.12. The summed E-state index contributed by atoms with van der Waals surface area (Å²) in [5.41, 5.74) is 4.76. The summed E-state index contributed by atoms with van der Waals surface area (Å²) in [7, 11) is 1.53. The summed E-state index contributed by atoms with van der Waals surface area (Å²) in [6.07, 6.45) is 0. The van der Waals surface area contributed by atoms with Crippen LogP contribution in [-0.2, 0) is 4.79 Å². The van der Waals surface area contributed by atoms with Crippen LogP contribution in [0.25, 0.3) is 5.69 Å². The number of amides is 1. The van der Waals surface area contributed by atoms with Crippen LogP contribution in [0.15, 0.2) is 42.5 Å². The third kappa shape index (κ3) is 3.35. The Morgan fingerprint density at radius 3 is 2.69 bits per heavy atom. The van der Waals surface area contributed by atoms with Crippen molar-refractivity contribution < 1.29 is 14.6 Å². The zero-order valence-corrected chi connectivity index (χ0v) is 17.6.